The first-order valence-corrected chi connectivity index (χ1v) is 8.34. The van der Waals surface area contributed by atoms with Crippen molar-refractivity contribution in [1.82, 2.24) is 4.98 Å². The van der Waals surface area contributed by atoms with E-state index in [1.54, 1.807) is 12.1 Å². The van der Waals surface area contributed by atoms with E-state index >= 15 is 0 Å². The molecule has 0 saturated carbocycles. The largest absolute Gasteiger partial charge is 0.417 e. The third kappa shape index (κ3) is 2.06. The normalized spacial score (nSPS) is 14.4. The standard InChI is InChI=1S/C15H11FN2O4S/c16-11-3-1-2-9-6-7-18(14(9)11)23(20,21)10-4-5-12-13(8-10)22-15(19)17-12/h1-5,8H,6-7H2,(H,17,19). The third-order valence-corrected chi connectivity index (χ3v) is 5.68. The Kier molecular flexibility index (Phi) is 2.86. The lowest BCUT2D eigenvalue weighted by molar-refractivity contribution is 0.553. The van der Waals surface area contributed by atoms with Crippen molar-refractivity contribution in [3.8, 4) is 0 Å². The molecule has 4 rings (SSSR count). The van der Waals surface area contributed by atoms with E-state index in [0.29, 0.717) is 17.5 Å². The van der Waals surface area contributed by atoms with Gasteiger partial charge in [0.2, 0.25) is 0 Å². The highest BCUT2D eigenvalue weighted by Crippen LogP contribution is 2.35. The van der Waals surface area contributed by atoms with Crippen LogP contribution in [0.1, 0.15) is 5.56 Å². The van der Waals surface area contributed by atoms with Crippen LogP contribution in [0.4, 0.5) is 10.1 Å². The van der Waals surface area contributed by atoms with E-state index < -0.39 is 21.6 Å². The average molecular weight is 334 g/mol. The highest BCUT2D eigenvalue weighted by molar-refractivity contribution is 7.92. The fraction of sp³-hybridized carbons (Fsp3) is 0.133. The number of benzene rings is 2. The van der Waals surface area contributed by atoms with E-state index in [2.05, 4.69) is 4.98 Å². The second-order valence-electron chi connectivity index (χ2n) is 5.25. The van der Waals surface area contributed by atoms with Crippen LogP contribution in [0, 0.1) is 5.82 Å². The van der Waals surface area contributed by atoms with Gasteiger partial charge in [0, 0.05) is 12.6 Å². The quantitative estimate of drug-likeness (QED) is 0.777. The number of halogens is 1. The van der Waals surface area contributed by atoms with Crippen molar-refractivity contribution in [2.24, 2.45) is 0 Å². The number of nitrogens with one attached hydrogen (secondary N) is 1. The predicted octanol–water partition coefficient (Wildman–Crippen LogP) is 2.01. The average Bonchev–Trinajstić information content (AvgIpc) is 3.09. The Hall–Kier alpha value is -2.61. The summed E-state index contributed by atoms with van der Waals surface area (Å²) in [6.45, 7) is 0.174. The number of aromatic amines is 1. The first kappa shape index (κ1) is 14.0. The van der Waals surface area contributed by atoms with Gasteiger partial charge in [-0.15, -0.1) is 0 Å². The summed E-state index contributed by atoms with van der Waals surface area (Å²) in [4.78, 5) is 13.6. The molecular formula is C15H11FN2O4S. The minimum atomic E-state index is -3.94. The number of hydrogen-bond donors (Lipinski definition) is 1. The molecule has 23 heavy (non-hydrogen) atoms. The Morgan fingerprint density at radius 3 is 2.87 bits per heavy atom. The van der Waals surface area contributed by atoms with Crippen molar-refractivity contribution in [3.63, 3.8) is 0 Å². The molecule has 2 aromatic carbocycles. The zero-order valence-corrected chi connectivity index (χ0v) is 12.6. The van der Waals surface area contributed by atoms with Crippen LogP contribution in [-0.4, -0.2) is 19.9 Å². The predicted molar refractivity (Wildman–Crippen MR) is 81.5 cm³/mol. The van der Waals surface area contributed by atoms with Crippen LogP contribution in [0.3, 0.4) is 0 Å². The molecule has 6 nitrogen and oxygen atoms in total. The molecule has 0 bridgehead atoms. The molecule has 0 spiro atoms. The van der Waals surface area contributed by atoms with E-state index in [1.807, 2.05) is 0 Å². The Morgan fingerprint density at radius 2 is 2.04 bits per heavy atom. The van der Waals surface area contributed by atoms with Gasteiger partial charge in [-0.2, -0.15) is 0 Å². The molecule has 0 aliphatic carbocycles. The van der Waals surface area contributed by atoms with Crippen molar-refractivity contribution in [1.29, 1.82) is 0 Å². The number of para-hydroxylation sites is 1. The van der Waals surface area contributed by atoms with Crippen LogP contribution in [0.2, 0.25) is 0 Å². The van der Waals surface area contributed by atoms with Crippen molar-refractivity contribution < 1.29 is 17.2 Å². The zero-order valence-electron chi connectivity index (χ0n) is 11.7. The first-order chi connectivity index (χ1) is 11.0. The molecule has 1 aliphatic heterocycles. The van der Waals surface area contributed by atoms with Gasteiger partial charge in [0.1, 0.15) is 5.82 Å². The SMILES string of the molecule is O=c1[nH]c2ccc(S(=O)(=O)N3CCc4cccc(F)c43)cc2o1. The summed E-state index contributed by atoms with van der Waals surface area (Å²) in [5, 5.41) is 0. The lowest BCUT2D eigenvalue weighted by Gasteiger charge is -2.19. The number of H-pyrrole nitrogens is 1. The maximum absolute atomic E-state index is 14.1. The summed E-state index contributed by atoms with van der Waals surface area (Å²) in [7, 11) is -3.94. The van der Waals surface area contributed by atoms with Crippen molar-refractivity contribution in [3.05, 3.63) is 58.3 Å². The second-order valence-corrected chi connectivity index (χ2v) is 7.11. The van der Waals surface area contributed by atoms with Gasteiger partial charge in [-0.1, -0.05) is 12.1 Å². The van der Waals surface area contributed by atoms with Crippen molar-refractivity contribution in [2.75, 3.05) is 10.8 Å². The number of anilines is 1. The van der Waals surface area contributed by atoms with Crippen LogP contribution in [-0.2, 0) is 16.4 Å². The van der Waals surface area contributed by atoms with Crippen LogP contribution < -0.4 is 10.1 Å². The number of hydrogen-bond acceptors (Lipinski definition) is 4. The lowest BCUT2D eigenvalue weighted by Crippen LogP contribution is -2.29. The molecule has 3 aromatic rings. The van der Waals surface area contributed by atoms with E-state index in [0.717, 1.165) is 4.31 Å². The van der Waals surface area contributed by atoms with Gasteiger partial charge >= 0.3 is 5.76 Å². The smallest absolute Gasteiger partial charge is 0.408 e. The van der Waals surface area contributed by atoms with Crippen molar-refractivity contribution in [2.45, 2.75) is 11.3 Å². The van der Waals surface area contributed by atoms with Crippen LogP contribution in [0.15, 0.2) is 50.5 Å². The first-order valence-electron chi connectivity index (χ1n) is 6.90. The van der Waals surface area contributed by atoms with Gasteiger partial charge < -0.3 is 4.42 Å². The molecule has 0 unspecified atom stereocenters. The van der Waals surface area contributed by atoms with Gasteiger partial charge in [-0.25, -0.2) is 17.6 Å². The topological polar surface area (TPSA) is 83.4 Å². The maximum atomic E-state index is 14.1. The molecule has 0 saturated heterocycles. The Bertz CT molecular complexity index is 1080. The summed E-state index contributed by atoms with van der Waals surface area (Å²) in [6, 6.07) is 8.59. The molecule has 0 amide bonds. The van der Waals surface area contributed by atoms with Gasteiger partial charge in [-0.3, -0.25) is 9.29 Å². The molecule has 2 heterocycles. The molecule has 0 radical (unpaired) electrons. The minimum absolute atomic E-state index is 0.0520. The summed E-state index contributed by atoms with van der Waals surface area (Å²) in [5.74, 6) is -1.23. The summed E-state index contributed by atoms with van der Waals surface area (Å²) in [6.07, 6.45) is 0.452. The van der Waals surface area contributed by atoms with Crippen LogP contribution >= 0.6 is 0 Å². The van der Waals surface area contributed by atoms with E-state index in [-0.39, 0.29) is 22.7 Å². The van der Waals surface area contributed by atoms with Crippen molar-refractivity contribution >= 4 is 26.8 Å². The highest BCUT2D eigenvalue weighted by Gasteiger charge is 2.33. The van der Waals surface area contributed by atoms with Gasteiger partial charge in [0.15, 0.2) is 5.58 Å². The number of sulfonamides is 1. The molecule has 1 N–H and O–H groups in total. The lowest BCUT2D eigenvalue weighted by atomic mass is 10.2. The molecule has 1 aliphatic rings. The number of rotatable bonds is 2. The van der Waals surface area contributed by atoms with Crippen LogP contribution in [0.25, 0.3) is 11.1 Å². The van der Waals surface area contributed by atoms with Crippen LogP contribution in [0.5, 0.6) is 0 Å². The van der Waals surface area contributed by atoms with E-state index in [9.17, 15) is 17.6 Å². The summed E-state index contributed by atoms with van der Waals surface area (Å²) >= 11 is 0. The molecular weight excluding hydrogens is 323 g/mol. The Labute approximate surface area is 130 Å². The number of fused-ring (bicyclic) bond motifs is 2. The molecule has 1 aromatic heterocycles. The molecule has 118 valence electrons. The monoisotopic (exact) mass is 334 g/mol. The minimum Gasteiger partial charge on any atom is -0.408 e. The maximum Gasteiger partial charge on any atom is 0.417 e. The van der Waals surface area contributed by atoms with E-state index in [1.165, 1.54) is 24.3 Å². The third-order valence-electron chi connectivity index (χ3n) is 3.88. The van der Waals surface area contributed by atoms with E-state index in [4.69, 9.17) is 4.42 Å². The van der Waals surface area contributed by atoms with Gasteiger partial charge in [0.25, 0.3) is 10.0 Å². The van der Waals surface area contributed by atoms with Gasteiger partial charge in [-0.05, 0) is 30.2 Å². The summed E-state index contributed by atoms with van der Waals surface area (Å²) < 4.78 is 45.7. The Morgan fingerprint density at radius 1 is 1.22 bits per heavy atom. The number of aromatic nitrogens is 1. The molecule has 0 atom stereocenters. The fourth-order valence-electron chi connectivity index (χ4n) is 2.83. The van der Waals surface area contributed by atoms with Gasteiger partial charge in [0.05, 0.1) is 16.1 Å². The zero-order chi connectivity index (χ0) is 16.2. The number of oxazole rings is 1. The number of nitrogens with zero attached hydrogens (tertiary/aromatic N) is 1. The highest BCUT2D eigenvalue weighted by atomic mass is 32.2. The fourth-order valence-corrected chi connectivity index (χ4v) is 4.36. The second kappa shape index (κ2) is 4.69. The Balaban J connectivity index is 1.86. The molecule has 8 heteroatoms. The summed E-state index contributed by atoms with van der Waals surface area (Å²) in [5.41, 5.74) is 1.29. The molecule has 0 fully saturated rings.